The summed E-state index contributed by atoms with van der Waals surface area (Å²) in [5, 5.41) is 13.3. The number of nitrogens with zero attached hydrogens (tertiary/aromatic N) is 1. The molecule has 0 aliphatic rings. The number of benzene rings is 2. The number of nitro benzene ring substituents is 1. The number of esters is 1. The van der Waals surface area contributed by atoms with Crippen molar-refractivity contribution in [2.75, 3.05) is 17.7 Å². The van der Waals surface area contributed by atoms with E-state index in [0.29, 0.717) is 11.3 Å². The highest BCUT2D eigenvalue weighted by molar-refractivity contribution is 9.10. The van der Waals surface area contributed by atoms with Gasteiger partial charge >= 0.3 is 5.97 Å². The molecular weight excluding hydrogens is 436 g/mol. The number of amides is 1. The second-order valence-corrected chi connectivity index (χ2v) is 7.60. The summed E-state index contributed by atoms with van der Waals surface area (Å²) in [7, 11) is 0. The van der Waals surface area contributed by atoms with E-state index in [9.17, 15) is 19.7 Å². The highest BCUT2D eigenvalue weighted by atomic mass is 79.9. The number of non-ortho nitro benzene ring substituents is 1. The van der Waals surface area contributed by atoms with Gasteiger partial charge in [0.1, 0.15) is 0 Å². The van der Waals surface area contributed by atoms with Crippen LogP contribution in [0.3, 0.4) is 0 Å². The molecule has 1 N–H and O–H groups in total. The third-order valence-corrected chi connectivity index (χ3v) is 5.18. The minimum atomic E-state index is -0.509. The standard InChI is InChI=1S/C18H17BrN2O5S/c1-11-8-14(21(24)25)4-5-15(11)20-17(22)9-26-18(23)10-27-16-6-3-13(19)7-12(16)2/h3-8H,9-10H2,1-2H3,(H,20,22). The minimum absolute atomic E-state index is 0.0582. The number of hydrogen-bond acceptors (Lipinski definition) is 6. The average Bonchev–Trinajstić information content (AvgIpc) is 2.60. The fraction of sp³-hybridized carbons (Fsp3) is 0.222. The van der Waals surface area contributed by atoms with Crippen LogP contribution in [0.2, 0.25) is 0 Å². The number of carbonyl (C=O) groups excluding carboxylic acids is 2. The van der Waals surface area contributed by atoms with Crippen LogP contribution >= 0.6 is 27.7 Å². The van der Waals surface area contributed by atoms with Crippen molar-refractivity contribution in [1.82, 2.24) is 0 Å². The van der Waals surface area contributed by atoms with E-state index in [0.717, 1.165) is 14.9 Å². The van der Waals surface area contributed by atoms with E-state index in [4.69, 9.17) is 4.74 Å². The van der Waals surface area contributed by atoms with Gasteiger partial charge in [0.2, 0.25) is 0 Å². The van der Waals surface area contributed by atoms with Crippen LogP contribution in [0.4, 0.5) is 11.4 Å². The van der Waals surface area contributed by atoms with Gasteiger partial charge in [-0.1, -0.05) is 15.9 Å². The zero-order valence-electron chi connectivity index (χ0n) is 14.7. The molecule has 0 atom stereocenters. The van der Waals surface area contributed by atoms with Gasteiger partial charge in [-0.2, -0.15) is 0 Å². The lowest BCUT2D eigenvalue weighted by molar-refractivity contribution is -0.384. The Labute approximate surface area is 168 Å². The van der Waals surface area contributed by atoms with Crippen LogP contribution in [-0.4, -0.2) is 29.2 Å². The Morgan fingerprint density at radius 2 is 1.93 bits per heavy atom. The van der Waals surface area contributed by atoms with Crippen LogP contribution in [0.5, 0.6) is 0 Å². The van der Waals surface area contributed by atoms with Gasteiger partial charge in [-0.25, -0.2) is 0 Å². The highest BCUT2D eigenvalue weighted by Crippen LogP contribution is 2.25. The van der Waals surface area contributed by atoms with Crippen LogP contribution in [0.1, 0.15) is 11.1 Å². The molecule has 0 heterocycles. The fourth-order valence-corrected chi connectivity index (χ4v) is 3.47. The molecule has 2 aromatic rings. The molecule has 0 spiro atoms. The third kappa shape index (κ3) is 6.37. The Morgan fingerprint density at radius 3 is 2.56 bits per heavy atom. The van der Waals surface area contributed by atoms with E-state index >= 15 is 0 Å². The summed E-state index contributed by atoms with van der Waals surface area (Å²) < 4.78 is 5.94. The number of anilines is 1. The Hall–Kier alpha value is -2.39. The quantitative estimate of drug-likeness (QED) is 0.291. The van der Waals surface area contributed by atoms with E-state index in [1.165, 1.54) is 30.0 Å². The molecule has 0 aliphatic heterocycles. The van der Waals surface area contributed by atoms with Gasteiger partial charge in [0, 0.05) is 27.2 Å². The minimum Gasteiger partial charge on any atom is -0.455 e. The Balaban J connectivity index is 1.81. The van der Waals surface area contributed by atoms with E-state index in [1.807, 2.05) is 25.1 Å². The molecule has 2 aromatic carbocycles. The summed E-state index contributed by atoms with van der Waals surface area (Å²) in [6, 6.07) is 9.85. The molecule has 0 saturated heterocycles. The molecule has 0 saturated carbocycles. The van der Waals surface area contributed by atoms with Crippen molar-refractivity contribution in [3.05, 3.63) is 62.1 Å². The first-order chi connectivity index (χ1) is 12.8. The van der Waals surface area contributed by atoms with Crippen molar-refractivity contribution in [1.29, 1.82) is 0 Å². The highest BCUT2D eigenvalue weighted by Gasteiger charge is 2.12. The molecule has 27 heavy (non-hydrogen) atoms. The normalized spacial score (nSPS) is 10.3. The number of rotatable bonds is 7. The van der Waals surface area contributed by atoms with Crippen LogP contribution in [0.15, 0.2) is 45.8 Å². The molecule has 7 nitrogen and oxygen atoms in total. The second-order valence-electron chi connectivity index (χ2n) is 5.66. The molecule has 0 unspecified atom stereocenters. The lowest BCUT2D eigenvalue weighted by Gasteiger charge is -2.09. The number of carbonyl (C=O) groups is 2. The predicted octanol–water partition coefficient (Wildman–Crippen LogP) is 4.25. The first kappa shape index (κ1) is 20.9. The first-order valence-corrected chi connectivity index (χ1v) is 9.63. The van der Waals surface area contributed by atoms with E-state index in [-0.39, 0.29) is 11.4 Å². The van der Waals surface area contributed by atoms with Crippen LogP contribution in [0, 0.1) is 24.0 Å². The van der Waals surface area contributed by atoms with Crippen molar-refractivity contribution >= 4 is 50.9 Å². The molecule has 0 aromatic heterocycles. The smallest absolute Gasteiger partial charge is 0.316 e. The maximum atomic E-state index is 11.9. The fourth-order valence-electron chi connectivity index (χ4n) is 2.19. The molecule has 2 rings (SSSR count). The SMILES string of the molecule is Cc1cc([N+](=O)[O-])ccc1NC(=O)COC(=O)CSc1ccc(Br)cc1C. The number of aryl methyl sites for hydroxylation is 2. The number of ether oxygens (including phenoxy) is 1. The lowest BCUT2D eigenvalue weighted by Crippen LogP contribution is -2.22. The van der Waals surface area contributed by atoms with Crippen molar-refractivity contribution in [3.8, 4) is 0 Å². The molecule has 1 amide bonds. The molecule has 0 radical (unpaired) electrons. The largest absolute Gasteiger partial charge is 0.455 e. The lowest BCUT2D eigenvalue weighted by atomic mass is 10.2. The van der Waals surface area contributed by atoms with E-state index in [1.54, 1.807) is 6.92 Å². The van der Waals surface area contributed by atoms with Gasteiger partial charge in [-0.15, -0.1) is 11.8 Å². The zero-order chi connectivity index (χ0) is 20.0. The van der Waals surface area contributed by atoms with Gasteiger partial charge in [0.15, 0.2) is 6.61 Å². The Kier molecular flexibility index (Phi) is 7.37. The van der Waals surface area contributed by atoms with Crippen molar-refractivity contribution in [2.24, 2.45) is 0 Å². The number of halogens is 1. The van der Waals surface area contributed by atoms with Crippen molar-refractivity contribution < 1.29 is 19.2 Å². The summed E-state index contributed by atoms with van der Waals surface area (Å²) >= 11 is 4.72. The topological polar surface area (TPSA) is 98.5 Å². The van der Waals surface area contributed by atoms with Gasteiger partial charge in [-0.3, -0.25) is 19.7 Å². The summed E-state index contributed by atoms with van der Waals surface area (Å²) in [4.78, 5) is 34.9. The van der Waals surface area contributed by atoms with Gasteiger partial charge in [0.05, 0.1) is 10.7 Å². The summed E-state index contributed by atoms with van der Waals surface area (Å²) in [5.74, 6) is -0.922. The number of thioether (sulfide) groups is 1. The summed E-state index contributed by atoms with van der Waals surface area (Å²) in [6.45, 7) is 3.17. The number of nitrogens with one attached hydrogen (secondary N) is 1. The van der Waals surface area contributed by atoms with Gasteiger partial charge in [-0.05, 0) is 49.2 Å². The molecular formula is C18H17BrN2O5S. The monoisotopic (exact) mass is 452 g/mol. The Morgan fingerprint density at radius 1 is 1.19 bits per heavy atom. The molecule has 0 bridgehead atoms. The van der Waals surface area contributed by atoms with Crippen molar-refractivity contribution in [2.45, 2.75) is 18.7 Å². The average molecular weight is 453 g/mol. The summed E-state index contributed by atoms with van der Waals surface area (Å²) in [5.41, 5.74) is 1.96. The molecule has 142 valence electrons. The van der Waals surface area contributed by atoms with Crippen molar-refractivity contribution in [3.63, 3.8) is 0 Å². The molecule has 9 heteroatoms. The van der Waals surface area contributed by atoms with E-state index in [2.05, 4.69) is 21.2 Å². The first-order valence-electron chi connectivity index (χ1n) is 7.85. The maximum absolute atomic E-state index is 11.9. The predicted molar refractivity (Wildman–Crippen MR) is 107 cm³/mol. The molecule has 0 fully saturated rings. The zero-order valence-corrected chi connectivity index (χ0v) is 17.1. The van der Waals surface area contributed by atoms with Crippen LogP contribution in [0.25, 0.3) is 0 Å². The summed E-state index contributed by atoms with van der Waals surface area (Å²) in [6.07, 6.45) is 0. The Bertz CT molecular complexity index is 888. The van der Waals surface area contributed by atoms with Crippen LogP contribution < -0.4 is 5.32 Å². The number of nitro groups is 1. The molecule has 0 aliphatic carbocycles. The number of hydrogen-bond donors (Lipinski definition) is 1. The van der Waals surface area contributed by atoms with Gasteiger partial charge < -0.3 is 10.1 Å². The second kappa shape index (κ2) is 9.52. The maximum Gasteiger partial charge on any atom is 0.316 e. The van der Waals surface area contributed by atoms with E-state index < -0.39 is 23.4 Å². The van der Waals surface area contributed by atoms with Gasteiger partial charge in [0.25, 0.3) is 11.6 Å². The third-order valence-electron chi connectivity index (χ3n) is 3.54. The van der Waals surface area contributed by atoms with Crippen LogP contribution in [-0.2, 0) is 14.3 Å².